The van der Waals surface area contributed by atoms with Gasteiger partial charge in [0, 0.05) is 44.1 Å². The smallest absolute Gasteiger partial charge is 0.246 e. The predicted molar refractivity (Wildman–Crippen MR) is 98.8 cm³/mol. The van der Waals surface area contributed by atoms with Crippen LogP contribution in [0.25, 0.3) is 11.4 Å². The summed E-state index contributed by atoms with van der Waals surface area (Å²) in [7, 11) is 0. The first kappa shape index (κ1) is 17.1. The molecule has 3 heterocycles. The molecule has 3 aromatic rings. The Morgan fingerprint density at radius 1 is 1.04 bits per heavy atom. The summed E-state index contributed by atoms with van der Waals surface area (Å²) in [6.07, 6.45) is 3.45. The Balaban J connectivity index is 1.34. The zero-order chi connectivity index (χ0) is 18.6. The van der Waals surface area contributed by atoms with E-state index in [1.54, 1.807) is 18.5 Å². The molecule has 27 heavy (non-hydrogen) atoms. The second kappa shape index (κ2) is 7.48. The Morgan fingerprint density at radius 3 is 2.44 bits per heavy atom. The molecule has 9 heteroatoms. The highest BCUT2D eigenvalue weighted by Crippen LogP contribution is 2.14. The lowest BCUT2D eigenvalue weighted by Crippen LogP contribution is -2.50. The second-order valence-electron chi connectivity index (χ2n) is 6.43. The molecule has 1 aliphatic rings. The summed E-state index contributed by atoms with van der Waals surface area (Å²) in [6.45, 7) is 4.76. The molecule has 9 nitrogen and oxygen atoms in total. The van der Waals surface area contributed by atoms with E-state index in [2.05, 4.69) is 30.3 Å². The quantitative estimate of drug-likeness (QED) is 0.675. The van der Waals surface area contributed by atoms with E-state index >= 15 is 0 Å². The molecule has 2 aromatic heterocycles. The van der Waals surface area contributed by atoms with Gasteiger partial charge in [0.2, 0.25) is 17.7 Å². The van der Waals surface area contributed by atoms with E-state index in [0.29, 0.717) is 38.0 Å². The van der Waals surface area contributed by atoms with E-state index < -0.39 is 0 Å². The zero-order valence-corrected chi connectivity index (χ0v) is 15.1. The Labute approximate surface area is 156 Å². The van der Waals surface area contributed by atoms with Crippen LogP contribution in [0, 0.1) is 6.92 Å². The number of aryl methyl sites for hydroxylation is 1. The topological polar surface area (TPSA) is 92.9 Å². The zero-order valence-electron chi connectivity index (χ0n) is 15.1. The number of benzene rings is 1. The maximum atomic E-state index is 12.5. The van der Waals surface area contributed by atoms with E-state index in [0.717, 1.165) is 5.56 Å². The molecule has 0 radical (unpaired) electrons. The van der Waals surface area contributed by atoms with Crippen LogP contribution >= 0.6 is 0 Å². The number of hydrogen-bond acceptors (Lipinski definition) is 7. The Hall–Kier alpha value is -3.36. The normalized spacial score (nSPS) is 14.4. The average molecular weight is 364 g/mol. The molecule has 138 valence electrons. The Morgan fingerprint density at radius 2 is 1.74 bits per heavy atom. The molecule has 0 unspecified atom stereocenters. The van der Waals surface area contributed by atoms with Crippen LogP contribution in [0.5, 0.6) is 0 Å². The third-order valence-electron chi connectivity index (χ3n) is 4.51. The van der Waals surface area contributed by atoms with Gasteiger partial charge in [-0.2, -0.15) is 4.80 Å². The number of carbonyl (C=O) groups is 1. The van der Waals surface area contributed by atoms with Crippen LogP contribution in [0.1, 0.15) is 5.56 Å². The number of hydrogen-bond donors (Lipinski definition) is 0. The molecule has 0 N–H and O–H groups in total. The van der Waals surface area contributed by atoms with Crippen molar-refractivity contribution in [1.82, 2.24) is 35.1 Å². The van der Waals surface area contributed by atoms with Crippen molar-refractivity contribution in [3.63, 3.8) is 0 Å². The summed E-state index contributed by atoms with van der Waals surface area (Å²) in [5.74, 6) is 1.20. The maximum Gasteiger partial charge on any atom is 0.246 e. The van der Waals surface area contributed by atoms with Crippen molar-refractivity contribution in [3.05, 3.63) is 48.3 Å². The van der Waals surface area contributed by atoms with E-state index in [-0.39, 0.29) is 12.5 Å². The highest BCUT2D eigenvalue weighted by atomic mass is 16.2. The lowest BCUT2D eigenvalue weighted by atomic mass is 10.1. The molecule has 0 bridgehead atoms. The number of carbonyl (C=O) groups excluding carboxylic acids is 1. The minimum absolute atomic E-state index is 0.0171. The summed E-state index contributed by atoms with van der Waals surface area (Å²) in [5.41, 5.74) is 2.05. The molecular formula is C18H20N8O. The third kappa shape index (κ3) is 3.91. The molecule has 1 fully saturated rings. The molecule has 1 saturated heterocycles. The highest BCUT2D eigenvalue weighted by Gasteiger charge is 2.23. The highest BCUT2D eigenvalue weighted by molar-refractivity contribution is 5.76. The van der Waals surface area contributed by atoms with Gasteiger partial charge in [-0.05, 0) is 18.2 Å². The number of piperazine rings is 1. The molecule has 0 aliphatic carbocycles. The fourth-order valence-corrected chi connectivity index (χ4v) is 2.96. The van der Waals surface area contributed by atoms with Gasteiger partial charge < -0.3 is 9.80 Å². The molecule has 0 atom stereocenters. The molecular weight excluding hydrogens is 344 g/mol. The number of rotatable bonds is 4. The van der Waals surface area contributed by atoms with E-state index in [4.69, 9.17) is 0 Å². The minimum Gasteiger partial charge on any atom is -0.337 e. The van der Waals surface area contributed by atoms with Gasteiger partial charge in [0.15, 0.2) is 0 Å². The fourth-order valence-electron chi connectivity index (χ4n) is 2.96. The van der Waals surface area contributed by atoms with Crippen LogP contribution in [0.15, 0.2) is 42.7 Å². The molecule has 0 spiro atoms. The van der Waals surface area contributed by atoms with Gasteiger partial charge in [-0.1, -0.05) is 29.8 Å². The predicted octanol–water partition coefficient (Wildman–Crippen LogP) is 0.787. The van der Waals surface area contributed by atoms with E-state index in [1.807, 2.05) is 36.1 Å². The van der Waals surface area contributed by atoms with Gasteiger partial charge in [0.1, 0.15) is 6.54 Å². The largest absolute Gasteiger partial charge is 0.337 e. The first-order chi connectivity index (χ1) is 13.2. The maximum absolute atomic E-state index is 12.5. The number of aromatic nitrogens is 6. The van der Waals surface area contributed by atoms with Gasteiger partial charge >= 0.3 is 0 Å². The van der Waals surface area contributed by atoms with Gasteiger partial charge in [-0.15, -0.1) is 10.2 Å². The van der Waals surface area contributed by atoms with Crippen LogP contribution in [0.4, 0.5) is 5.95 Å². The summed E-state index contributed by atoms with van der Waals surface area (Å²) in [4.78, 5) is 26.3. The number of tetrazole rings is 1. The van der Waals surface area contributed by atoms with E-state index in [9.17, 15) is 4.79 Å². The standard InChI is InChI=1S/C18H20N8O/c1-14-3-5-15(6-4-14)17-21-23-26(22-17)13-16(27)24-9-11-25(12-10-24)18-19-7-2-8-20-18/h2-8H,9-13H2,1H3. The number of anilines is 1. The monoisotopic (exact) mass is 364 g/mol. The second-order valence-corrected chi connectivity index (χ2v) is 6.43. The van der Waals surface area contributed by atoms with Crippen molar-refractivity contribution >= 4 is 11.9 Å². The molecule has 0 saturated carbocycles. The number of amides is 1. The first-order valence-electron chi connectivity index (χ1n) is 8.83. The van der Waals surface area contributed by atoms with Crippen LogP contribution in [-0.2, 0) is 11.3 Å². The average Bonchev–Trinajstić information content (AvgIpc) is 3.18. The molecule has 1 aromatic carbocycles. The lowest BCUT2D eigenvalue weighted by Gasteiger charge is -2.34. The summed E-state index contributed by atoms with van der Waals surface area (Å²) in [6, 6.07) is 9.68. The van der Waals surface area contributed by atoms with Crippen LogP contribution in [0.2, 0.25) is 0 Å². The molecule has 1 amide bonds. The summed E-state index contributed by atoms with van der Waals surface area (Å²) >= 11 is 0. The van der Waals surface area contributed by atoms with E-state index in [1.165, 1.54) is 10.4 Å². The number of nitrogens with zero attached hydrogens (tertiary/aromatic N) is 8. The summed E-state index contributed by atoms with van der Waals surface area (Å²) in [5, 5.41) is 12.4. The van der Waals surface area contributed by atoms with Crippen molar-refractivity contribution < 1.29 is 4.79 Å². The van der Waals surface area contributed by atoms with Crippen molar-refractivity contribution in [2.24, 2.45) is 0 Å². The van der Waals surface area contributed by atoms with Crippen LogP contribution in [0.3, 0.4) is 0 Å². The van der Waals surface area contributed by atoms with Gasteiger partial charge in [0.05, 0.1) is 0 Å². The summed E-state index contributed by atoms with van der Waals surface area (Å²) < 4.78 is 0. The molecule has 4 rings (SSSR count). The SMILES string of the molecule is Cc1ccc(-c2nnn(CC(=O)N3CCN(c4ncccn4)CC3)n2)cc1. The van der Waals surface area contributed by atoms with Crippen LogP contribution < -0.4 is 4.90 Å². The minimum atomic E-state index is -0.0171. The van der Waals surface area contributed by atoms with Gasteiger partial charge in [-0.3, -0.25) is 4.79 Å². The van der Waals surface area contributed by atoms with Crippen molar-refractivity contribution in [1.29, 1.82) is 0 Å². The molecule has 1 aliphatic heterocycles. The van der Waals surface area contributed by atoms with Gasteiger partial charge in [0.25, 0.3) is 0 Å². The third-order valence-corrected chi connectivity index (χ3v) is 4.51. The van der Waals surface area contributed by atoms with Crippen molar-refractivity contribution in [2.75, 3.05) is 31.1 Å². The van der Waals surface area contributed by atoms with Crippen LogP contribution in [-0.4, -0.2) is 67.2 Å². The lowest BCUT2D eigenvalue weighted by molar-refractivity contribution is -0.132. The van der Waals surface area contributed by atoms with Gasteiger partial charge in [-0.25, -0.2) is 9.97 Å². The Bertz CT molecular complexity index is 901. The Kier molecular flexibility index (Phi) is 4.73. The first-order valence-corrected chi connectivity index (χ1v) is 8.83. The fraction of sp³-hybridized carbons (Fsp3) is 0.333. The van der Waals surface area contributed by atoms with Crippen molar-refractivity contribution in [2.45, 2.75) is 13.5 Å². The van der Waals surface area contributed by atoms with Crippen molar-refractivity contribution in [3.8, 4) is 11.4 Å².